The Kier molecular flexibility index (Phi) is 4.24. The van der Waals surface area contributed by atoms with Crippen LogP contribution in [0.3, 0.4) is 0 Å². The molecule has 2 aliphatic carbocycles. The summed E-state index contributed by atoms with van der Waals surface area (Å²) in [7, 11) is 3.22. The number of ether oxygens (including phenoxy) is 2. The molecule has 3 nitrogen and oxygen atoms in total. The standard InChI is InChI=1S/C22H24O3/c1-24-18-11-10-17(13-19(18)25-2)22(23)21-16-9-8-15(12-16)20(21)14-6-4-3-5-7-14/h3-7,10-11,13,15-16,20-21H,8-9,12H2,1-2H3/t15-,16+,20+,21-/m0/s1. The van der Waals surface area contributed by atoms with Gasteiger partial charge in [0, 0.05) is 11.5 Å². The lowest BCUT2D eigenvalue weighted by Crippen LogP contribution is -2.28. The van der Waals surface area contributed by atoms with Crippen molar-refractivity contribution in [1.29, 1.82) is 0 Å². The van der Waals surface area contributed by atoms with Gasteiger partial charge in [-0.1, -0.05) is 30.3 Å². The third kappa shape index (κ3) is 2.72. The van der Waals surface area contributed by atoms with Crippen molar-refractivity contribution in [3.63, 3.8) is 0 Å². The molecule has 2 bridgehead atoms. The third-order valence-electron chi connectivity index (χ3n) is 6.07. The van der Waals surface area contributed by atoms with Crippen molar-refractivity contribution in [2.45, 2.75) is 25.2 Å². The molecular weight excluding hydrogens is 312 g/mol. The van der Waals surface area contributed by atoms with E-state index in [0.717, 1.165) is 5.56 Å². The maximum atomic E-state index is 13.4. The summed E-state index contributed by atoms with van der Waals surface area (Å²) in [5.41, 5.74) is 2.05. The number of hydrogen-bond acceptors (Lipinski definition) is 3. The Balaban J connectivity index is 1.69. The number of hydrogen-bond donors (Lipinski definition) is 0. The lowest BCUT2D eigenvalue weighted by molar-refractivity contribution is 0.0852. The molecule has 2 aliphatic rings. The first-order chi connectivity index (χ1) is 12.2. The van der Waals surface area contributed by atoms with Gasteiger partial charge in [0.25, 0.3) is 0 Å². The van der Waals surface area contributed by atoms with Crippen LogP contribution in [-0.2, 0) is 0 Å². The predicted octanol–water partition coefficient (Wildman–Crippen LogP) is 4.72. The largest absolute Gasteiger partial charge is 0.493 e. The second-order valence-corrected chi connectivity index (χ2v) is 7.23. The number of Topliss-reactive ketones (excluding diaryl/α,β-unsaturated/α-hetero) is 1. The van der Waals surface area contributed by atoms with E-state index in [1.54, 1.807) is 14.2 Å². The van der Waals surface area contributed by atoms with Gasteiger partial charge in [-0.05, 0) is 60.8 Å². The first kappa shape index (κ1) is 16.2. The van der Waals surface area contributed by atoms with Crippen LogP contribution in [0.1, 0.15) is 41.1 Å². The fourth-order valence-electron chi connectivity index (χ4n) is 5.01. The highest BCUT2D eigenvalue weighted by Gasteiger charge is 2.51. The van der Waals surface area contributed by atoms with Crippen LogP contribution >= 0.6 is 0 Å². The Bertz CT molecular complexity index is 768. The molecule has 4 rings (SSSR count). The Morgan fingerprint density at radius 1 is 0.920 bits per heavy atom. The van der Waals surface area contributed by atoms with E-state index in [0.29, 0.717) is 29.3 Å². The van der Waals surface area contributed by atoms with Gasteiger partial charge in [-0.15, -0.1) is 0 Å². The molecular formula is C22H24O3. The summed E-state index contributed by atoms with van der Waals surface area (Å²) in [6.07, 6.45) is 3.61. The van der Waals surface area contributed by atoms with Crippen LogP contribution in [0.5, 0.6) is 11.5 Å². The van der Waals surface area contributed by atoms with E-state index in [1.165, 1.54) is 24.8 Å². The van der Waals surface area contributed by atoms with Crippen LogP contribution in [0.4, 0.5) is 0 Å². The molecule has 25 heavy (non-hydrogen) atoms. The minimum Gasteiger partial charge on any atom is -0.493 e. The number of carbonyl (C=O) groups is 1. The fourth-order valence-corrected chi connectivity index (χ4v) is 5.01. The summed E-state index contributed by atoms with van der Waals surface area (Å²) >= 11 is 0. The first-order valence-corrected chi connectivity index (χ1v) is 9.04. The van der Waals surface area contributed by atoms with E-state index < -0.39 is 0 Å². The number of benzene rings is 2. The van der Waals surface area contributed by atoms with Gasteiger partial charge >= 0.3 is 0 Å². The first-order valence-electron chi connectivity index (χ1n) is 9.04. The highest BCUT2D eigenvalue weighted by molar-refractivity contribution is 5.99. The molecule has 2 fully saturated rings. The quantitative estimate of drug-likeness (QED) is 0.741. The van der Waals surface area contributed by atoms with E-state index in [-0.39, 0.29) is 11.7 Å². The number of methoxy groups -OCH3 is 2. The number of carbonyl (C=O) groups excluding carboxylic acids is 1. The molecule has 4 atom stereocenters. The van der Waals surface area contributed by atoms with Gasteiger partial charge in [0.15, 0.2) is 17.3 Å². The van der Waals surface area contributed by atoms with Crippen LogP contribution in [-0.4, -0.2) is 20.0 Å². The molecule has 0 N–H and O–H groups in total. The van der Waals surface area contributed by atoms with Crippen LogP contribution in [0, 0.1) is 17.8 Å². The molecule has 2 aromatic carbocycles. The summed E-state index contributed by atoms with van der Waals surface area (Å²) in [5.74, 6) is 3.11. The average Bonchev–Trinajstić information content (AvgIpc) is 3.29. The van der Waals surface area contributed by atoms with Crippen molar-refractivity contribution < 1.29 is 14.3 Å². The number of fused-ring (bicyclic) bond motifs is 2. The Morgan fingerprint density at radius 2 is 1.64 bits per heavy atom. The smallest absolute Gasteiger partial charge is 0.166 e. The average molecular weight is 336 g/mol. The minimum atomic E-state index is 0.0826. The van der Waals surface area contributed by atoms with E-state index in [4.69, 9.17) is 9.47 Å². The molecule has 130 valence electrons. The van der Waals surface area contributed by atoms with Crippen LogP contribution < -0.4 is 9.47 Å². The number of rotatable bonds is 5. The molecule has 3 heteroatoms. The maximum absolute atomic E-state index is 13.4. The zero-order chi connectivity index (χ0) is 17.4. The van der Waals surface area contributed by atoms with Crippen LogP contribution in [0.2, 0.25) is 0 Å². The molecule has 0 radical (unpaired) electrons. The second-order valence-electron chi connectivity index (χ2n) is 7.23. The van der Waals surface area contributed by atoms with Gasteiger partial charge in [-0.3, -0.25) is 4.79 Å². The third-order valence-corrected chi connectivity index (χ3v) is 6.07. The lowest BCUT2D eigenvalue weighted by Gasteiger charge is -2.30. The molecule has 0 aliphatic heterocycles. The lowest BCUT2D eigenvalue weighted by atomic mass is 9.72. The van der Waals surface area contributed by atoms with E-state index in [9.17, 15) is 4.79 Å². The van der Waals surface area contributed by atoms with Gasteiger partial charge in [0.05, 0.1) is 14.2 Å². The van der Waals surface area contributed by atoms with Crippen LogP contribution in [0.25, 0.3) is 0 Å². The molecule has 0 amide bonds. The molecule has 0 saturated heterocycles. The van der Waals surface area contributed by atoms with Gasteiger partial charge in [-0.25, -0.2) is 0 Å². The summed E-state index contributed by atoms with van der Waals surface area (Å²) < 4.78 is 10.7. The molecule has 0 heterocycles. The van der Waals surface area contributed by atoms with Gasteiger partial charge in [0.1, 0.15) is 0 Å². The Morgan fingerprint density at radius 3 is 2.36 bits per heavy atom. The zero-order valence-corrected chi connectivity index (χ0v) is 14.8. The summed E-state index contributed by atoms with van der Waals surface area (Å²) in [4.78, 5) is 13.4. The van der Waals surface area contributed by atoms with Crippen molar-refractivity contribution in [2.24, 2.45) is 17.8 Å². The van der Waals surface area contributed by atoms with Crippen molar-refractivity contribution in [2.75, 3.05) is 14.2 Å². The molecule has 0 spiro atoms. The van der Waals surface area contributed by atoms with Crippen molar-refractivity contribution >= 4 is 5.78 Å². The second kappa shape index (κ2) is 6.55. The monoisotopic (exact) mass is 336 g/mol. The molecule has 0 aromatic heterocycles. The van der Waals surface area contributed by atoms with E-state index in [1.807, 2.05) is 24.3 Å². The normalized spacial score (nSPS) is 27.3. The predicted molar refractivity (Wildman–Crippen MR) is 97.4 cm³/mol. The van der Waals surface area contributed by atoms with Crippen molar-refractivity contribution in [1.82, 2.24) is 0 Å². The van der Waals surface area contributed by atoms with Gasteiger partial charge in [-0.2, -0.15) is 0 Å². The van der Waals surface area contributed by atoms with Gasteiger partial charge < -0.3 is 9.47 Å². The highest BCUT2D eigenvalue weighted by atomic mass is 16.5. The fraction of sp³-hybridized carbons (Fsp3) is 0.409. The Labute approximate surface area is 149 Å². The van der Waals surface area contributed by atoms with Crippen molar-refractivity contribution in [3.05, 3.63) is 59.7 Å². The van der Waals surface area contributed by atoms with Crippen molar-refractivity contribution in [3.8, 4) is 11.5 Å². The molecule has 0 unspecified atom stereocenters. The summed E-state index contributed by atoms with van der Waals surface area (Å²) in [5, 5.41) is 0. The van der Waals surface area contributed by atoms with E-state index in [2.05, 4.69) is 24.3 Å². The highest BCUT2D eigenvalue weighted by Crippen LogP contribution is 2.57. The minimum absolute atomic E-state index is 0.0826. The summed E-state index contributed by atoms with van der Waals surface area (Å²) in [6.45, 7) is 0. The van der Waals surface area contributed by atoms with Gasteiger partial charge in [0.2, 0.25) is 0 Å². The summed E-state index contributed by atoms with van der Waals surface area (Å²) in [6, 6.07) is 16.1. The maximum Gasteiger partial charge on any atom is 0.166 e. The zero-order valence-electron chi connectivity index (χ0n) is 14.8. The number of ketones is 1. The van der Waals surface area contributed by atoms with E-state index >= 15 is 0 Å². The molecule has 2 aromatic rings. The van der Waals surface area contributed by atoms with Crippen LogP contribution in [0.15, 0.2) is 48.5 Å². The SMILES string of the molecule is COc1ccc(C(=O)[C@H]2[C@@H]3CC[C@@H](C3)[C@H]2c2ccccc2)cc1OC. The topological polar surface area (TPSA) is 35.5 Å². The Hall–Kier alpha value is -2.29. The molecule has 2 saturated carbocycles.